The molecule has 3 amide bonds. The normalized spacial score (nSPS) is 20.8. The van der Waals surface area contributed by atoms with Gasteiger partial charge in [0.05, 0.1) is 17.1 Å². The van der Waals surface area contributed by atoms with Gasteiger partial charge in [-0.15, -0.1) is 0 Å². The lowest BCUT2D eigenvalue weighted by Crippen LogP contribution is -2.53. The van der Waals surface area contributed by atoms with Gasteiger partial charge in [0.1, 0.15) is 12.6 Å². The number of carbonyl (C=O) groups is 3. The quantitative estimate of drug-likeness (QED) is 0.480. The van der Waals surface area contributed by atoms with Gasteiger partial charge in [0.25, 0.3) is 5.91 Å². The van der Waals surface area contributed by atoms with Crippen molar-refractivity contribution in [2.24, 2.45) is 0 Å². The highest BCUT2D eigenvalue weighted by molar-refractivity contribution is 9.10. The fourth-order valence-corrected chi connectivity index (χ4v) is 7.02. The summed E-state index contributed by atoms with van der Waals surface area (Å²) in [6.07, 6.45) is -2.05. The van der Waals surface area contributed by atoms with E-state index in [1.54, 1.807) is 41.4 Å². The van der Waals surface area contributed by atoms with Gasteiger partial charge < -0.3 is 14.7 Å². The maximum absolute atomic E-state index is 14.0. The number of nitrogens with one attached hydrogen (secondary N) is 1. The minimum Gasteiger partial charge on any atom is -0.339 e. The molecule has 2 aromatic carbocycles. The van der Waals surface area contributed by atoms with Crippen LogP contribution in [0.25, 0.3) is 10.9 Å². The third kappa shape index (κ3) is 4.19. The van der Waals surface area contributed by atoms with E-state index in [0.29, 0.717) is 41.7 Å². The smallest absolute Gasteiger partial charge is 0.339 e. The number of benzene rings is 2. The van der Waals surface area contributed by atoms with Crippen LogP contribution in [0.3, 0.4) is 0 Å². The van der Waals surface area contributed by atoms with E-state index in [0.717, 1.165) is 21.4 Å². The van der Waals surface area contributed by atoms with Crippen LogP contribution in [0.4, 0.5) is 18.9 Å². The highest BCUT2D eigenvalue weighted by Gasteiger charge is 2.55. The molecular formula is C27H25BrF3N5O3. The molecule has 2 fully saturated rings. The number of piperidine rings is 1. The lowest BCUT2D eigenvalue weighted by Gasteiger charge is -2.39. The van der Waals surface area contributed by atoms with Crippen LogP contribution in [0.15, 0.2) is 47.1 Å². The number of anilines is 1. The molecule has 1 N–H and O–H groups in total. The Labute approximate surface area is 230 Å². The number of carbonyl (C=O) groups excluding carboxylic acids is 3. The van der Waals surface area contributed by atoms with E-state index >= 15 is 0 Å². The zero-order chi connectivity index (χ0) is 27.5. The van der Waals surface area contributed by atoms with Gasteiger partial charge in [-0.05, 0) is 56.0 Å². The Morgan fingerprint density at radius 1 is 1.13 bits per heavy atom. The maximum Gasteiger partial charge on any atom is 0.408 e. The van der Waals surface area contributed by atoms with Crippen molar-refractivity contribution in [3.8, 4) is 0 Å². The minimum atomic E-state index is -4.51. The average Bonchev–Trinajstić information content (AvgIpc) is 3.64. The molecule has 0 radical (unpaired) electrons. The van der Waals surface area contributed by atoms with Crippen molar-refractivity contribution in [2.75, 3.05) is 31.1 Å². The standard InChI is InChI=1S/C27H25BrF3N5O3/c28-18-3-1-4-20-23(18)26(25(39)36(20)15-22(37)35-10-2-5-21(35)27(29,30)31)8-11-34(12-9-26)24(38)16-6-7-19-17(13-16)14-32-33-19/h1,3-4,6-7,13-14,21H,2,5,8-12,15H2,(H,32,33). The molecule has 1 aromatic heterocycles. The fraction of sp³-hybridized carbons (Fsp3) is 0.407. The lowest BCUT2D eigenvalue weighted by molar-refractivity contribution is -0.182. The van der Waals surface area contributed by atoms with Crippen LogP contribution in [0.1, 0.15) is 41.6 Å². The summed E-state index contributed by atoms with van der Waals surface area (Å²) >= 11 is 3.57. The number of hydrogen-bond acceptors (Lipinski definition) is 4. The van der Waals surface area contributed by atoms with Gasteiger partial charge in [-0.1, -0.05) is 22.0 Å². The number of aromatic amines is 1. The molecular weight excluding hydrogens is 579 g/mol. The third-order valence-electron chi connectivity index (χ3n) is 8.25. The van der Waals surface area contributed by atoms with Crippen molar-refractivity contribution in [1.29, 1.82) is 0 Å². The zero-order valence-electron chi connectivity index (χ0n) is 20.8. The summed E-state index contributed by atoms with van der Waals surface area (Å²) in [5.74, 6) is -1.18. The Morgan fingerprint density at radius 3 is 2.64 bits per heavy atom. The number of likely N-dealkylation sites (tertiary alicyclic amines) is 2. The van der Waals surface area contributed by atoms with E-state index in [9.17, 15) is 27.6 Å². The highest BCUT2D eigenvalue weighted by Crippen LogP contribution is 2.51. The summed E-state index contributed by atoms with van der Waals surface area (Å²) in [4.78, 5) is 44.3. The van der Waals surface area contributed by atoms with Crippen LogP contribution >= 0.6 is 15.9 Å². The van der Waals surface area contributed by atoms with Crippen molar-refractivity contribution < 1.29 is 27.6 Å². The van der Waals surface area contributed by atoms with Gasteiger partial charge in [-0.2, -0.15) is 18.3 Å². The number of aromatic nitrogens is 2. The van der Waals surface area contributed by atoms with Crippen molar-refractivity contribution in [1.82, 2.24) is 20.0 Å². The summed E-state index contributed by atoms with van der Waals surface area (Å²) in [5, 5.41) is 7.67. The summed E-state index contributed by atoms with van der Waals surface area (Å²) < 4.78 is 41.2. The zero-order valence-corrected chi connectivity index (χ0v) is 22.4. The molecule has 3 aliphatic rings. The number of rotatable bonds is 3. The van der Waals surface area contributed by atoms with Crippen LogP contribution in [0.2, 0.25) is 0 Å². The van der Waals surface area contributed by atoms with E-state index in [-0.39, 0.29) is 31.2 Å². The SMILES string of the molecule is O=C(c1ccc2[nH]ncc2c1)N1CCC2(CC1)C(=O)N(CC(=O)N1CCCC1C(F)(F)F)c1cccc(Br)c12. The molecule has 0 saturated carbocycles. The van der Waals surface area contributed by atoms with Gasteiger partial charge >= 0.3 is 6.18 Å². The molecule has 3 aromatic rings. The van der Waals surface area contributed by atoms with Crippen LogP contribution < -0.4 is 4.90 Å². The first kappa shape index (κ1) is 25.8. The predicted molar refractivity (Wildman–Crippen MR) is 140 cm³/mol. The van der Waals surface area contributed by atoms with E-state index in [1.807, 2.05) is 6.07 Å². The lowest BCUT2D eigenvalue weighted by atomic mass is 9.73. The molecule has 2 saturated heterocycles. The molecule has 204 valence electrons. The number of amides is 3. The van der Waals surface area contributed by atoms with E-state index in [4.69, 9.17) is 0 Å². The predicted octanol–water partition coefficient (Wildman–Crippen LogP) is 4.40. The molecule has 39 heavy (non-hydrogen) atoms. The molecule has 4 heterocycles. The van der Waals surface area contributed by atoms with Crippen molar-refractivity contribution >= 4 is 50.2 Å². The number of alkyl halides is 3. The average molecular weight is 604 g/mol. The van der Waals surface area contributed by atoms with E-state index < -0.39 is 30.1 Å². The molecule has 1 spiro atoms. The van der Waals surface area contributed by atoms with Gasteiger partial charge in [-0.3, -0.25) is 19.5 Å². The molecule has 6 rings (SSSR count). The van der Waals surface area contributed by atoms with Crippen LogP contribution in [0.5, 0.6) is 0 Å². The Kier molecular flexibility index (Phi) is 6.20. The van der Waals surface area contributed by atoms with Crippen LogP contribution in [-0.4, -0.2) is 76.1 Å². The van der Waals surface area contributed by atoms with E-state index in [1.165, 1.54) is 4.90 Å². The number of nitrogens with zero attached hydrogens (tertiary/aromatic N) is 4. The largest absolute Gasteiger partial charge is 0.408 e. The summed E-state index contributed by atoms with van der Waals surface area (Å²) in [7, 11) is 0. The first-order valence-electron chi connectivity index (χ1n) is 12.8. The monoisotopic (exact) mass is 603 g/mol. The van der Waals surface area contributed by atoms with Gasteiger partial charge in [-0.25, -0.2) is 0 Å². The first-order chi connectivity index (χ1) is 18.6. The molecule has 0 bridgehead atoms. The van der Waals surface area contributed by atoms with E-state index in [2.05, 4.69) is 26.1 Å². The second-order valence-corrected chi connectivity index (χ2v) is 11.2. The van der Waals surface area contributed by atoms with Crippen LogP contribution in [-0.2, 0) is 15.0 Å². The first-order valence-corrected chi connectivity index (χ1v) is 13.6. The second kappa shape index (κ2) is 9.35. The number of fused-ring (bicyclic) bond motifs is 3. The number of H-pyrrole nitrogens is 1. The molecule has 12 heteroatoms. The third-order valence-corrected chi connectivity index (χ3v) is 8.91. The molecule has 0 aliphatic carbocycles. The molecule has 8 nitrogen and oxygen atoms in total. The Morgan fingerprint density at radius 2 is 1.90 bits per heavy atom. The fourth-order valence-electron chi connectivity index (χ4n) is 6.29. The topological polar surface area (TPSA) is 89.6 Å². The Bertz CT molecular complexity index is 1480. The van der Waals surface area contributed by atoms with Crippen LogP contribution in [0, 0.1) is 0 Å². The molecule has 1 unspecified atom stereocenters. The molecule has 1 atom stereocenters. The number of hydrogen-bond donors (Lipinski definition) is 1. The minimum absolute atomic E-state index is 0.0171. The van der Waals surface area contributed by atoms with Crippen molar-refractivity contribution in [3.63, 3.8) is 0 Å². The summed E-state index contributed by atoms with van der Waals surface area (Å²) in [6, 6.07) is 8.77. The van der Waals surface area contributed by atoms with Crippen molar-refractivity contribution in [2.45, 2.75) is 43.3 Å². The highest BCUT2D eigenvalue weighted by atomic mass is 79.9. The Balaban J connectivity index is 1.24. The van der Waals surface area contributed by atoms with Gasteiger partial charge in [0, 0.05) is 46.3 Å². The summed E-state index contributed by atoms with van der Waals surface area (Å²) in [6.45, 7) is 0.199. The van der Waals surface area contributed by atoms with Gasteiger partial charge in [0.15, 0.2) is 0 Å². The van der Waals surface area contributed by atoms with Gasteiger partial charge in [0.2, 0.25) is 11.8 Å². The van der Waals surface area contributed by atoms with Crippen molar-refractivity contribution in [3.05, 3.63) is 58.2 Å². The molecule has 3 aliphatic heterocycles. The maximum atomic E-state index is 14.0. The second-order valence-electron chi connectivity index (χ2n) is 10.4. The summed E-state index contributed by atoms with van der Waals surface area (Å²) in [5.41, 5.74) is 1.62. The number of halogens is 4. The Hall–Kier alpha value is -3.41.